The Kier molecular flexibility index (Phi) is 3.99. The summed E-state index contributed by atoms with van der Waals surface area (Å²) in [5, 5.41) is 1.80. The molecule has 2 heterocycles. The quantitative estimate of drug-likeness (QED) is 0.805. The van der Waals surface area contributed by atoms with Crippen molar-refractivity contribution in [3.8, 4) is 0 Å². The number of amides is 1. The van der Waals surface area contributed by atoms with Gasteiger partial charge in [0.05, 0.1) is 0 Å². The Morgan fingerprint density at radius 1 is 1.29 bits per heavy atom. The summed E-state index contributed by atoms with van der Waals surface area (Å²) >= 11 is 1.16. The molecule has 0 saturated carbocycles. The van der Waals surface area contributed by atoms with Crippen molar-refractivity contribution in [1.29, 1.82) is 0 Å². The van der Waals surface area contributed by atoms with Crippen molar-refractivity contribution in [3.05, 3.63) is 20.7 Å². The van der Waals surface area contributed by atoms with Gasteiger partial charge in [-0.3, -0.25) is 14.2 Å². The minimum Gasteiger partial charge on any atom is -0.341 e. The van der Waals surface area contributed by atoms with Crippen molar-refractivity contribution in [2.24, 2.45) is 0 Å². The van der Waals surface area contributed by atoms with Gasteiger partial charge in [0, 0.05) is 24.2 Å². The van der Waals surface area contributed by atoms with E-state index < -0.39 is 0 Å². The molecule has 1 aromatic heterocycles. The lowest BCUT2D eigenvalue weighted by Crippen LogP contribution is -2.36. The lowest BCUT2D eigenvalue weighted by atomic mass is 10.2. The summed E-state index contributed by atoms with van der Waals surface area (Å²) in [4.78, 5) is 25.5. The number of rotatable bonds is 2. The van der Waals surface area contributed by atoms with Crippen LogP contribution in [0.15, 0.2) is 10.2 Å². The van der Waals surface area contributed by atoms with Crippen LogP contribution in [0.3, 0.4) is 0 Å². The van der Waals surface area contributed by atoms with Crippen LogP contribution in [0.4, 0.5) is 0 Å². The van der Waals surface area contributed by atoms with Crippen LogP contribution in [0.5, 0.6) is 0 Å². The Labute approximate surface area is 105 Å². The van der Waals surface area contributed by atoms with E-state index in [1.165, 1.54) is 12.8 Å². The molecular formula is C12H18N2O2S. The first-order valence-electron chi connectivity index (χ1n) is 6.11. The molecule has 0 spiro atoms. The molecule has 4 nitrogen and oxygen atoms in total. The predicted octanol–water partition coefficient (Wildman–Crippen LogP) is 1.62. The molecule has 1 aliphatic rings. The zero-order chi connectivity index (χ0) is 12.3. The van der Waals surface area contributed by atoms with Crippen LogP contribution in [0, 0.1) is 6.92 Å². The number of aromatic nitrogens is 1. The molecule has 0 bridgehead atoms. The highest BCUT2D eigenvalue weighted by atomic mass is 32.1. The summed E-state index contributed by atoms with van der Waals surface area (Å²) in [5.41, 5.74) is 0.878. The molecule has 0 aliphatic carbocycles. The molecule has 94 valence electrons. The van der Waals surface area contributed by atoms with Crippen molar-refractivity contribution >= 4 is 17.2 Å². The van der Waals surface area contributed by atoms with E-state index in [9.17, 15) is 9.59 Å². The van der Waals surface area contributed by atoms with Gasteiger partial charge in [-0.25, -0.2) is 0 Å². The third kappa shape index (κ3) is 2.97. The van der Waals surface area contributed by atoms with Gasteiger partial charge in [-0.05, 0) is 19.8 Å². The molecule has 1 amide bonds. The van der Waals surface area contributed by atoms with E-state index in [1.807, 2.05) is 11.8 Å². The van der Waals surface area contributed by atoms with Gasteiger partial charge in [0.15, 0.2) is 0 Å². The summed E-state index contributed by atoms with van der Waals surface area (Å²) in [7, 11) is 0. The largest absolute Gasteiger partial charge is 0.341 e. The highest BCUT2D eigenvalue weighted by Crippen LogP contribution is 2.10. The van der Waals surface area contributed by atoms with Crippen LogP contribution in [0.2, 0.25) is 0 Å². The first-order chi connectivity index (χ1) is 8.18. The van der Waals surface area contributed by atoms with Gasteiger partial charge < -0.3 is 4.90 Å². The second kappa shape index (κ2) is 5.49. The average molecular weight is 254 g/mol. The summed E-state index contributed by atoms with van der Waals surface area (Å²) in [6.07, 6.45) is 4.59. The van der Waals surface area contributed by atoms with Crippen LogP contribution in [-0.4, -0.2) is 28.5 Å². The molecule has 1 aliphatic heterocycles. The van der Waals surface area contributed by atoms with Crippen molar-refractivity contribution in [2.45, 2.75) is 39.2 Å². The van der Waals surface area contributed by atoms with Crippen LogP contribution >= 0.6 is 11.3 Å². The standard InChI is InChI=1S/C12H18N2O2S/c1-10-9-17-12(16)14(10)8-11(15)13-6-4-2-3-5-7-13/h9H,2-8H2,1H3. The van der Waals surface area contributed by atoms with E-state index in [0.29, 0.717) is 0 Å². The van der Waals surface area contributed by atoms with Gasteiger partial charge in [0.2, 0.25) is 5.91 Å². The minimum absolute atomic E-state index is 0.0364. The summed E-state index contributed by atoms with van der Waals surface area (Å²) in [6, 6.07) is 0. The SMILES string of the molecule is Cc1csc(=O)n1CC(=O)N1CCCCCC1. The normalized spacial score (nSPS) is 16.9. The topological polar surface area (TPSA) is 42.3 Å². The minimum atomic E-state index is -0.0364. The maximum absolute atomic E-state index is 12.1. The van der Waals surface area contributed by atoms with Crippen molar-refractivity contribution in [2.75, 3.05) is 13.1 Å². The van der Waals surface area contributed by atoms with Crippen molar-refractivity contribution < 1.29 is 4.79 Å². The van der Waals surface area contributed by atoms with Gasteiger partial charge in [-0.1, -0.05) is 24.2 Å². The molecule has 1 saturated heterocycles. The number of aryl methyl sites for hydroxylation is 1. The first kappa shape index (κ1) is 12.4. The highest BCUT2D eigenvalue weighted by Gasteiger charge is 2.17. The fourth-order valence-electron chi connectivity index (χ4n) is 2.15. The van der Waals surface area contributed by atoms with Crippen LogP contribution in [-0.2, 0) is 11.3 Å². The molecule has 1 aromatic rings. The van der Waals surface area contributed by atoms with Crippen LogP contribution in [0.25, 0.3) is 0 Å². The van der Waals surface area contributed by atoms with Gasteiger partial charge in [-0.15, -0.1) is 0 Å². The number of carbonyl (C=O) groups excluding carboxylic acids is 1. The molecule has 17 heavy (non-hydrogen) atoms. The molecule has 2 rings (SSSR count). The van der Waals surface area contributed by atoms with Gasteiger partial charge in [0.25, 0.3) is 0 Å². The second-order valence-corrected chi connectivity index (χ2v) is 5.34. The monoisotopic (exact) mass is 254 g/mol. The zero-order valence-corrected chi connectivity index (χ0v) is 11.0. The van der Waals surface area contributed by atoms with E-state index >= 15 is 0 Å². The van der Waals surface area contributed by atoms with E-state index in [0.717, 1.165) is 43.0 Å². The van der Waals surface area contributed by atoms with Crippen molar-refractivity contribution in [3.63, 3.8) is 0 Å². The number of likely N-dealkylation sites (tertiary alicyclic amines) is 1. The van der Waals surface area contributed by atoms with Gasteiger partial charge in [0.1, 0.15) is 6.54 Å². The second-order valence-electron chi connectivity index (χ2n) is 4.52. The summed E-state index contributed by atoms with van der Waals surface area (Å²) in [6.45, 7) is 3.76. The molecule has 0 aromatic carbocycles. The molecular weight excluding hydrogens is 236 g/mol. The third-order valence-electron chi connectivity index (χ3n) is 3.23. The summed E-state index contributed by atoms with van der Waals surface area (Å²) < 4.78 is 1.57. The van der Waals surface area contributed by atoms with E-state index in [1.54, 1.807) is 9.95 Å². The van der Waals surface area contributed by atoms with Crippen LogP contribution in [0.1, 0.15) is 31.4 Å². The lowest BCUT2D eigenvalue weighted by Gasteiger charge is -2.20. The highest BCUT2D eigenvalue weighted by molar-refractivity contribution is 7.07. The Bertz CT molecular complexity index is 442. The molecule has 1 fully saturated rings. The number of nitrogens with zero attached hydrogens (tertiary/aromatic N) is 2. The Balaban J connectivity index is 2.03. The maximum Gasteiger partial charge on any atom is 0.307 e. The Morgan fingerprint density at radius 3 is 2.47 bits per heavy atom. The van der Waals surface area contributed by atoms with E-state index in [-0.39, 0.29) is 17.3 Å². The van der Waals surface area contributed by atoms with Gasteiger partial charge in [-0.2, -0.15) is 0 Å². The molecule has 0 radical (unpaired) electrons. The van der Waals surface area contributed by atoms with E-state index in [2.05, 4.69) is 0 Å². The number of carbonyl (C=O) groups is 1. The predicted molar refractivity (Wildman–Crippen MR) is 68.4 cm³/mol. The lowest BCUT2D eigenvalue weighted by molar-refractivity contribution is -0.131. The molecule has 5 heteroatoms. The number of thiazole rings is 1. The first-order valence-corrected chi connectivity index (χ1v) is 6.99. The summed E-state index contributed by atoms with van der Waals surface area (Å²) in [5.74, 6) is 0.0792. The van der Waals surface area contributed by atoms with Crippen molar-refractivity contribution in [1.82, 2.24) is 9.47 Å². The van der Waals surface area contributed by atoms with Crippen LogP contribution < -0.4 is 4.87 Å². The smallest absolute Gasteiger partial charge is 0.307 e. The Morgan fingerprint density at radius 2 is 1.94 bits per heavy atom. The fraction of sp³-hybridized carbons (Fsp3) is 0.667. The average Bonchev–Trinajstić information content (AvgIpc) is 2.59. The van der Waals surface area contributed by atoms with Gasteiger partial charge >= 0.3 is 4.87 Å². The molecule has 0 unspecified atom stereocenters. The molecule has 0 N–H and O–H groups in total. The number of hydrogen-bond donors (Lipinski definition) is 0. The number of hydrogen-bond acceptors (Lipinski definition) is 3. The maximum atomic E-state index is 12.1. The zero-order valence-electron chi connectivity index (χ0n) is 10.1. The molecule has 0 atom stereocenters. The fourth-order valence-corrected chi connectivity index (χ4v) is 2.89. The Hall–Kier alpha value is -1.10. The van der Waals surface area contributed by atoms with E-state index in [4.69, 9.17) is 0 Å². The third-order valence-corrected chi connectivity index (χ3v) is 4.11.